The second-order valence-electron chi connectivity index (χ2n) is 8.93. The maximum absolute atomic E-state index is 13.5. The molecule has 2 rings (SSSR count). The number of nitrogens with zero attached hydrogens (tertiary/aromatic N) is 1. The molecule has 1 aromatic carbocycles. The second kappa shape index (κ2) is 9.79. The molecule has 0 bridgehead atoms. The van der Waals surface area contributed by atoms with Crippen LogP contribution in [0.3, 0.4) is 0 Å². The van der Waals surface area contributed by atoms with Gasteiger partial charge in [0.25, 0.3) is 0 Å². The van der Waals surface area contributed by atoms with Gasteiger partial charge in [-0.15, -0.1) is 0 Å². The lowest BCUT2D eigenvalue weighted by Crippen LogP contribution is -2.30. The van der Waals surface area contributed by atoms with Crippen LogP contribution in [0.15, 0.2) is 30.3 Å². The van der Waals surface area contributed by atoms with Crippen molar-refractivity contribution < 1.29 is 8.82 Å². The number of unbranched alkanes of at least 4 members (excludes halogenated alkanes) is 1. The highest BCUT2D eigenvalue weighted by Gasteiger charge is 2.24. The summed E-state index contributed by atoms with van der Waals surface area (Å²) < 4.78 is 20.0. The first-order valence-corrected chi connectivity index (χ1v) is 13.7. The molecule has 0 N–H and O–H groups in total. The van der Waals surface area contributed by atoms with Crippen LogP contribution in [0.25, 0.3) is 11.1 Å². The van der Waals surface area contributed by atoms with E-state index >= 15 is 0 Å². The zero-order valence-corrected chi connectivity index (χ0v) is 19.6. The summed E-state index contributed by atoms with van der Waals surface area (Å²) in [6, 6.07) is 10.1. The monoisotopic (exact) mass is 401 g/mol. The highest BCUT2D eigenvalue weighted by molar-refractivity contribution is 6.71. The van der Waals surface area contributed by atoms with Crippen LogP contribution in [0.2, 0.25) is 19.1 Å². The van der Waals surface area contributed by atoms with Crippen LogP contribution in [0.4, 0.5) is 4.39 Å². The van der Waals surface area contributed by atoms with Gasteiger partial charge in [0.15, 0.2) is 8.32 Å². The molecule has 0 unspecified atom stereocenters. The van der Waals surface area contributed by atoms with Crippen molar-refractivity contribution in [3.8, 4) is 11.1 Å². The lowest BCUT2D eigenvalue weighted by molar-refractivity contribution is 0.292. The number of halogens is 1. The Morgan fingerprint density at radius 3 is 2.21 bits per heavy atom. The van der Waals surface area contributed by atoms with E-state index in [9.17, 15) is 4.39 Å². The Bertz CT molecular complexity index is 769. The van der Waals surface area contributed by atoms with Crippen molar-refractivity contribution in [3.63, 3.8) is 0 Å². The molecule has 28 heavy (non-hydrogen) atoms. The molecular weight excluding hydrogens is 365 g/mol. The number of benzene rings is 1. The summed E-state index contributed by atoms with van der Waals surface area (Å²) in [7, 11) is -1.72. The minimum Gasteiger partial charge on any atom is -0.413 e. The predicted molar refractivity (Wildman–Crippen MR) is 120 cm³/mol. The van der Waals surface area contributed by atoms with E-state index in [4.69, 9.17) is 9.41 Å². The Labute approximate surface area is 171 Å². The Morgan fingerprint density at radius 2 is 1.68 bits per heavy atom. The number of hydrogen-bond donors (Lipinski definition) is 0. The van der Waals surface area contributed by atoms with Gasteiger partial charge < -0.3 is 4.43 Å². The number of hydrogen-bond acceptors (Lipinski definition) is 2. The van der Waals surface area contributed by atoms with E-state index in [-0.39, 0.29) is 5.82 Å². The fraction of sp³-hybridized carbons (Fsp3) is 0.542. The molecule has 0 saturated carbocycles. The average Bonchev–Trinajstić information content (AvgIpc) is 2.64. The van der Waals surface area contributed by atoms with Crippen molar-refractivity contribution in [1.29, 1.82) is 0 Å². The van der Waals surface area contributed by atoms with Crippen molar-refractivity contribution >= 4 is 8.32 Å². The van der Waals surface area contributed by atoms with Gasteiger partial charge in [0.05, 0.1) is 6.61 Å². The summed E-state index contributed by atoms with van der Waals surface area (Å²) in [5, 5.41) is 0. The molecule has 0 radical (unpaired) electrons. The molecule has 0 aliphatic rings. The maximum Gasteiger partial charge on any atom is 0.187 e. The molecule has 4 heteroatoms. The van der Waals surface area contributed by atoms with E-state index in [1.807, 2.05) is 12.1 Å². The standard InChI is InChI=1S/C24H36FNOSi/c1-8-9-14-28(6,7)27-16-22-21(19-10-12-20(25)13-11-19)15-23(17(2)3)26-24(22)18(4)5/h10-13,15,17-18H,8-9,14,16H2,1-7H3. The van der Waals surface area contributed by atoms with Crippen molar-refractivity contribution in [1.82, 2.24) is 4.98 Å². The van der Waals surface area contributed by atoms with E-state index in [2.05, 4.69) is 53.8 Å². The number of aromatic nitrogens is 1. The van der Waals surface area contributed by atoms with Gasteiger partial charge in [0, 0.05) is 17.0 Å². The van der Waals surface area contributed by atoms with Crippen molar-refractivity contribution in [3.05, 3.63) is 53.1 Å². The SMILES string of the molecule is CCCC[Si](C)(C)OCc1c(-c2ccc(F)cc2)cc(C(C)C)nc1C(C)C. The van der Waals surface area contributed by atoms with Gasteiger partial charge in [-0.3, -0.25) is 4.98 Å². The quantitative estimate of drug-likeness (QED) is 0.402. The summed E-state index contributed by atoms with van der Waals surface area (Å²) in [5.41, 5.74) is 5.49. The molecule has 2 nitrogen and oxygen atoms in total. The van der Waals surface area contributed by atoms with E-state index < -0.39 is 8.32 Å². The minimum atomic E-state index is -1.72. The highest BCUT2D eigenvalue weighted by atomic mass is 28.4. The summed E-state index contributed by atoms with van der Waals surface area (Å²) in [6.45, 7) is 16.1. The van der Waals surface area contributed by atoms with Crippen LogP contribution >= 0.6 is 0 Å². The van der Waals surface area contributed by atoms with Gasteiger partial charge in [-0.25, -0.2) is 4.39 Å². The van der Waals surface area contributed by atoms with Gasteiger partial charge >= 0.3 is 0 Å². The second-order valence-corrected chi connectivity index (χ2v) is 13.2. The minimum absolute atomic E-state index is 0.211. The first-order chi connectivity index (χ1) is 13.1. The van der Waals surface area contributed by atoms with Crippen LogP contribution in [0, 0.1) is 5.82 Å². The first kappa shape index (κ1) is 22.8. The van der Waals surface area contributed by atoms with Gasteiger partial charge in [-0.1, -0.05) is 59.6 Å². The molecule has 0 aliphatic carbocycles. The molecule has 0 amide bonds. The van der Waals surface area contributed by atoms with E-state index in [0.29, 0.717) is 18.4 Å². The number of pyridine rings is 1. The van der Waals surface area contributed by atoms with E-state index in [0.717, 1.165) is 28.1 Å². The van der Waals surface area contributed by atoms with E-state index in [1.54, 1.807) is 0 Å². The third-order valence-electron chi connectivity index (χ3n) is 5.21. The van der Waals surface area contributed by atoms with Gasteiger partial charge in [0.2, 0.25) is 0 Å². The van der Waals surface area contributed by atoms with Crippen LogP contribution in [0.5, 0.6) is 0 Å². The van der Waals surface area contributed by atoms with Crippen LogP contribution in [0.1, 0.15) is 76.2 Å². The molecular formula is C24H36FNOSi. The Hall–Kier alpha value is -1.52. The summed E-state index contributed by atoms with van der Waals surface area (Å²) in [4.78, 5) is 5.00. The molecule has 2 aromatic rings. The Balaban J connectivity index is 2.52. The van der Waals surface area contributed by atoms with Crippen LogP contribution in [-0.2, 0) is 11.0 Å². The Morgan fingerprint density at radius 1 is 1.04 bits per heavy atom. The third kappa shape index (κ3) is 5.99. The molecule has 0 atom stereocenters. The summed E-state index contributed by atoms with van der Waals surface area (Å²) in [6.07, 6.45) is 2.41. The van der Waals surface area contributed by atoms with Crippen molar-refractivity contribution in [2.24, 2.45) is 0 Å². The third-order valence-corrected chi connectivity index (χ3v) is 7.69. The van der Waals surface area contributed by atoms with E-state index in [1.165, 1.54) is 31.0 Å². The van der Waals surface area contributed by atoms with Gasteiger partial charge in [-0.2, -0.15) is 0 Å². The topological polar surface area (TPSA) is 22.1 Å². The maximum atomic E-state index is 13.5. The lowest BCUT2D eigenvalue weighted by atomic mass is 9.92. The predicted octanol–water partition coefficient (Wildman–Crippen LogP) is 7.66. The zero-order valence-electron chi connectivity index (χ0n) is 18.6. The Kier molecular flexibility index (Phi) is 7.96. The molecule has 1 aromatic heterocycles. The number of rotatable bonds is 9. The molecule has 0 aliphatic heterocycles. The fourth-order valence-electron chi connectivity index (χ4n) is 3.37. The fourth-order valence-corrected chi connectivity index (χ4v) is 5.25. The molecule has 1 heterocycles. The van der Waals surface area contributed by atoms with Crippen LogP contribution in [-0.4, -0.2) is 13.3 Å². The highest BCUT2D eigenvalue weighted by Crippen LogP contribution is 2.33. The average molecular weight is 402 g/mol. The largest absolute Gasteiger partial charge is 0.413 e. The van der Waals surface area contributed by atoms with Crippen molar-refractivity contribution in [2.75, 3.05) is 0 Å². The van der Waals surface area contributed by atoms with Crippen molar-refractivity contribution in [2.45, 2.75) is 85.0 Å². The van der Waals surface area contributed by atoms with Crippen LogP contribution < -0.4 is 0 Å². The molecule has 0 spiro atoms. The summed E-state index contributed by atoms with van der Waals surface area (Å²) in [5.74, 6) is 0.427. The smallest absolute Gasteiger partial charge is 0.187 e. The normalized spacial score (nSPS) is 12.2. The summed E-state index contributed by atoms with van der Waals surface area (Å²) >= 11 is 0. The first-order valence-electron chi connectivity index (χ1n) is 10.6. The molecule has 154 valence electrons. The van der Waals surface area contributed by atoms with Gasteiger partial charge in [-0.05, 0) is 60.3 Å². The van der Waals surface area contributed by atoms with Gasteiger partial charge in [0.1, 0.15) is 5.82 Å². The zero-order chi connectivity index (χ0) is 20.9. The molecule has 0 fully saturated rings. The lowest BCUT2D eigenvalue weighted by Gasteiger charge is -2.26. The molecule has 0 saturated heterocycles.